The molecule has 0 unspecified atom stereocenters. The maximum absolute atomic E-state index is 12.6. The van der Waals surface area contributed by atoms with Gasteiger partial charge in [-0.2, -0.15) is 0 Å². The van der Waals surface area contributed by atoms with E-state index in [0.29, 0.717) is 12.0 Å². The van der Waals surface area contributed by atoms with E-state index in [4.69, 9.17) is 0 Å². The molecule has 0 amide bonds. The fourth-order valence-corrected chi connectivity index (χ4v) is 3.71. The summed E-state index contributed by atoms with van der Waals surface area (Å²) in [6.07, 6.45) is 4.48. The molecule has 3 aliphatic heterocycles. The second kappa shape index (κ2) is 5.23. The van der Waals surface area contributed by atoms with Gasteiger partial charge in [0.05, 0.1) is 6.04 Å². The predicted molar refractivity (Wildman–Crippen MR) is 83.7 cm³/mol. The van der Waals surface area contributed by atoms with Gasteiger partial charge in [0.25, 0.3) is 5.56 Å². The van der Waals surface area contributed by atoms with Crippen LogP contribution in [0.1, 0.15) is 18.9 Å². The maximum atomic E-state index is 12.6. The molecular formula is C16H19ClN2O. The van der Waals surface area contributed by atoms with Gasteiger partial charge in [-0.1, -0.05) is 18.2 Å². The zero-order chi connectivity index (χ0) is 12.8. The van der Waals surface area contributed by atoms with E-state index in [1.807, 2.05) is 35.0 Å². The van der Waals surface area contributed by atoms with Crippen molar-refractivity contribution in [3.8, 4) is 0 Å². The molecule has 2 aromatic rings. The summed E-state index contributed by atoms with van der Waals surface area (Å²) in [7, 11) is 0. The zero-order valence-electron chi connectivity index (χ0n) is 11.4. The van der Waals surface area contributed by atoms with Crippen LogP contribution in [0, 0.1) is 5.92 Å². The van der Waals surface area contributed by atoms with Crippen molar-refractivity contribution in [2.45, 2.75) is 18.9 Å². The predicted octanol–water partition coefficient (Wildman–Crippen LogP) is 2.69. The van der Waals surface area contributed by atoms with Crippen LogP contribution in [0.4, 0.5) is 0 Å². The average Bonchev–Trinajstić information content (AvgIpc) is 2.49. The van der Waals surface area contributed by atoms with Gasteiger partial charge in [-0.3, -0.25) is 4.79 Å². The third kappa shape index (κ3) is 2.05. The summed E-state index contributed by atoms with van der Waals surface area (Å²) in [5, 5.41) is 1.89. The number of fused-ring (bicyclic) bond motifs is 4. The van der Waals surface area contributed by atoms with Gasteiger partial charge in [0.1, 0.15) is 0 Å². The van der Waals surface area contributed by atoms with E-state index < -0.39 is 0 Å². The maximum Gasteiger partial charge on any atom is 0.258 e. The number of halogens is 1. The Bertz CT molecular complexity index is 673. The monoisotopic (exact) mass is 290 g/mol. The van der Waals surface area contributed by atoms with Gasteiger partial charge in [0.15, 0.2) is 0 Å². The van der Waals surface area contributed by atoms with Crippen molar-refractivity contribution >= 4 is 23.2 Å². The van der Waals surface area contributed by atoms with Crippen LogP contribution in [0.3, 0.4) is 0 Å². The number of nitrogens with zero attached hydrogens (tertiary/aromatic N) is 2. The molecule has 4 heteroatoms. The number of piperidine rings is 3. The summed E-state index contributed by atoms with van der Waals surface area (Å²) >= 11 is 0. The number of hydrogen-bond donors (Lipinski definition) is 0. The molecule has 1 aromatic carbocycles. The van der Waals surface area contributed by atoms with Gasteiger partial charge < -0.3 is 9.47 Å². The topological polar surface area (TPSA) is 25.2 Å². The first-order chi connectivity index (χ1) is 9.33. The minimum absolute atomic E-state index is 0. The van der Waals surface area contributed by atoms with Crippen LogP contribution < -0.4 is 5.56 Å². The molecule has 1 aromatic heterocycles. The molecule has 0 N–H and O–H groups in total. The van der Waals surface area contributed by atoms with E-state index in [-0.39, 0.29) is 18.0 Å². The first kappa shape index (κ1) is 13.7. The first-order valence-electron chi connectivity index (χ1n) is 7.15. The Kier molecular flexibility index (Phi) is 3.57. The fourth-order valence-electron chi connectivity index (χ4n) is 3.71. The van der Waals surface area contributed by atoms with Crippen molar-refractivity contribution in [1.82, 2.24) is 9.47 Å². The number of rotatable bonds is 1. The van der Waals surface area contributed by atoms with Gasteiger partial charge in [-0.25, -0.2) is 0 Å². The number of hydrogen-bond acceptors (Lipinski definition) is 2. The fraction of sp³-hybridized carbons (Fsp3) is 0.438. The van der Waals surface area contributed by atoms with Crippen LogP contribution in [-0.4, -0.2) is 29.1 Å². The largest absolute Gasteiger partial charge is 0.310 e. The third-order valence-corrected chi connectivity index (χ3v) is 4.82. The number of aromatic nitrogens is 1. The van der Waals surface area contributed by atoms with Gasteiger partial charge in [0.2, 0.25) is 0 Å². The van der Waals surface area contributed by atoms with E-state index in [0.717, 1.165) is 17.3 Å². The molecule has 2 bridgehead atoms. The van der Waals surface area contributed by atoms with Crippen molar-refractivity contribution in [2.75, 3.05) is 19.6 Å². The van der Waals surface area contributed by atoms with Crippen molar-refractivity contribution in [3.63, 3.8) is 0 Å². The van der Waals surface area contributed by atoms with Crippen molar-refractivity contribution in [1.29, 1.82) is 0 Å². The lowest BCUT2D eigenvalue weighted by Gasteiger charge is -2.45. The highest BCUT2D eigenvalue weighted by molar-refractivity contribution is 5.85. The molecule has 0 saturated carbocycles. The molecule has 3 aliphatic rings. The molecule has 3 fully saturated rings. The summed E-state index contributed by atoms with van der Waals surface area (Å²) in [4.78, 5) is 15.1. The second-order valence-electron chi connectivity index (χ2n) is 5.82. The van der Waals surface area contributed by atoms with Crippen LogP contribution in [0.15, 0.2) is 41.3 Å². The van der Waals surface area contributed by atoms with Crippen molar-refractivity contribution in [3.05, 3.63) is 46.9 Å². The quantitative estimate of drug-likeness (QED) is 0.807. The Morgan fingerprint density at radius 3 is 2.50 bits per heavy atom. The molecule has 3 nitrogen and oxygen atoms in total. The highest BCUT2D eigenvalue weighted by Crippen LogP contribution is 2.34. The number of benzene rings is 1. The SMILES string of the molecule is Cl.O=c1c2ccccc2ccn1[C@@H]1CN2CCC1CC2. The van der Waals surface area contributed by atoms with Crippen LogP contribution in [-0.2, 0) is 0 Å². The first-order valence-corrected chi connectivity index (χ1v) is 7.15. The molecular weight excluding hydrogens is 272 g/mol. The van der Waals surface area contributed by atoms with Crippen molar-refractivity contribution in [2.24, 2.45) is 5.92 Å². The van der Waals surface area contributed by atoms with Gasteiger partial charge in [-0.05, 0) is 49.4 Å². The van der Waals surface area contributed by atoms with E-state index in [1.54, 1.807) is 0 Å². The van der Waals surface area contributed by atoms with Crippen LogP contribution in [0.2, 0.25) is 0 Å². The standard InChI is InChI=1S/C16H18N2O.ClH/c19-16-14-4-2-1-3-12(14)7-10-18(16)15-11-17-8-5-13(15)6-9-17;/h1-4,7,10,13,15H,5-6,8-9,11H2;1H/t15-;/m1./s1. The van der Waals surface area contributed by atoms with Crippen LogP contribution in [0.25, 0.3) is 10.8 Å². The Morgan fingerprint density at radius 1 is 1.05 bits per heavy atom. The Morgan fingerprint density at radius 2 is 1.80 bits per heavy atom. The minimum Gasteiger partial charge on any atom is -0.310 e. The van der Waals surface area contributed by atoms with Gasteiger partial charge >= 0.3 is 0 Å². The normalized spacial score (nSPS) is 28.3. The highest BCUT2D eigenvalue weighted by atomic mass is 35.5. The lowest BCUT2D eigenvalue weighted by Crippen LogP contribution is -2.49. The summed E-state index contributed by atoms with van der Waals surface area (Å²) in [6.45, 7) is 3.47. The summed E-state index contributed by atoms with van der Waals surface area (Å²) in [5.74, 6) is 0.684. The lowest BCUT2D eigenvalue weighted by atomic mass is 9.84. The van der Waals surface area contributed by atoms with Crippen LogP contribution in [0.5, 0.6) is 0 Å². The molecule has 20 heavy (non-hydrogen) atoms. The van der Waals surface area contributed by atoms with E-state index in [9.17, 15) is 4.79 Å². The Hall–Kier alpha value is -1.32. The van der Waals surface area contributed by atoms with E-state index in [1.165, 1.54) is 25.9 Å². The van der Waals surface area contributed by atoms with E-state index >= 15 is 0 Å². The smallest absolute Gasteiger partial charge is 0.258 e. The third-order valence-electron chi connectivity index (χ3n) is 4.82. The molecule has 5 rings (SSSR count). The summed E-state index contributed by atoms with van der Waals surface area (Å²) in [5.41, 5.74) is 0.178. The minimum atomic E-state index is 0. The molecule has 106 valence electrons. The van der Waals surface area contributed by atoms with Crippen molar-refractivity contribution < 1.29 is 0 Å². The summed E-state index contributed by atoms with van der Waals surface area (Å²) < 4.78 is 1.98. The Balaban J connectivity index is 0.00000121. The highest BCUT2D eigenvalue weighted by Gasteiger charge is 2.35. The molecule has 4 heterocycles. The van der Waals surface area contributed by atoms with E-state index in [2.05, 4.69) is 11.0 Å². The van der Waals surface area contributed by atoms with Crippen LogP contribution >= 0.6 is 12.4 Å². The van der Waals surface area contributed by atoms with Gasteiger partial charge in [-0.15, -0.1) is 12.4 Å². The average molecular weight is 291 g/mol. The van der Waals surface area contributed by atoms with Gasteiger partial charge in [0, 0.05) is 18.1 Å². The molecule has 0 radical (unpaired) electrons. The molecule has 3 saturated heterocycles. The number of pyridine rings is 1. The second-order valence-corrected chi connectivity index (χ2v) is 5.82. The lowest BCUT2D eigenvalue weighted by molar-refractivity contribution is 0.0556. The molecule has 0 spiro atoms. The molecule has 0 aliphatic carbocycles. The summed E-state index contributed by atoms with van der Waals surface area (Å²) in [6, 6.07) is 10.3. The zero-order valence-corrected chi connectivity index (χ0v) is 12.2. The molecule has 1 atom stereocenters. The Labute approximate surface area is 124 Å².